The molecule has 1 aromatic heterocycles. The van der Waals surface area contributed by atoms with Crippen molar-refractivity contribution < 1.29 is 13.2 Å². The van der Waals surface area contributed by atoms with Crippen molar-refractivity contribution in [2.75, 3.05) is 18.4 Å². The number of aromatic nitrogens is 2. The van der Waals surface area contributed by atoms with E-state index in [0.717, 1.165) is 17.0 Å². The number of hydrogen-bond acceptors (Lipinski definition) is 4. The van der Waals surface area contributed by atoms with Gasteiger partial charge < -0.3 is 5.32 Å². The Kier molecular flexibility index (Phi) is 6.88. The zero-order chi connectivity index (χ0) is 23.6. The van der Waals surface area contributed by atoms with Crippen LogP contribution in [-0.2, 0) is 21.4 Å². The number of anilines is 1. The molecule has 1 saturated heterocycles. The number of carbonyl (C=O) groups is 1. The molecule has 1 amide bonds. The van der Waals surface area contributed by atoms with Gasteiger partial charge in [0.15, 0.2) is 0 Å². The molecule has 3 aromatic rings. The largest absolute Gasteiger partial charge is 0.323 e. The number of benzene rings is 2. The van der Waals surface area contributed by atoms with E-state index >= 15 is 0 Å². The van der Waals surface area contributed by atoms with Gasteiger partial charge in [-0.2, -0.15) is 9.40 Å². The Morgan fingerprint density at radius 3 is 2.45 bits per heavy atom. The number of amides is 1. The van der Waals surface area contributed by atoms with Crippen molar-refractivity contribution in [2.24, 2.45) is 5.92 Å². The molecule has 9 heteroatoms. The highest BCUT2D eigenvalue weighted by Gasteiger charge is 2.32. The van der Waals surface area contributed by atoms with Crippen LogP contribution in [0.25, 0.3) is 0 Å². The molecule has 1 fully saturated rings. The molecule has 174 valence electrons. The van der Waals surface area contributed by atoms with E-state index in [2.05, 4.69) is 10.4 Å². The van der Waals surface area contributed by atoms with Crippen LogP contribution in [-0.4, -0.2) is 41.5 Å². The van der Waals surface area contributed by atoms with Crippen LogP contribution in [0.15, 0.2) is 59.5 Å². The molecule has 4 rings (SSSR count). The van der Waals surface area contributed by atoms with Crippen molar-refractivity contribution >= 4 is 33.2 Å². The van der Waals surface area contributed by atoms with Crippen molar-refractivity contribution in [3.05, 3.63) is 76.6 Å². The van der Waals surface area contributed by atoms with E-state index in [1.54, 1.807) is 30.3 Å². The lowest BCUT2D eigenvalue weighted by Crippen LogP contribution is -2.41. The summed E-state index contributed by atoms with van der Waals surface area (Å²) in [5.41, 5.74) is 3.34. The van der Waals surface area contributed by atoms with Gasteiger partial charge in [-0.15, -0.1) is 0 Å². The van der Waals surface area contributed by atoms with Gasteiger partial charge in [0.1, 0.15) is 0 Å². The van der Waals surface area contributed by atoms with Gasteiger partial charge in [0.25, 0.3) is 0 Å². The summed E-state index contributed by atoms with van der Waals surface area (Å²) in [5.74, 6) is -0.345. The molecule has 0 spiro atoms. The van der Waals surface area contributed by atoms with E-state index < -0.39 is 10.0 Å². The molecule has 2 aromatic carbocycles. The highest BCUT2D eigenvalue weighted by atomic mass is 35.5. The summed E-state index contributed by atoms with van der Waals surface area (Å²) >= 11 is 6.09. The van der Waals surface area contributed by atoms with Crippen LogP contribution in [0, 0.1) is 19.8 Å². The number of nitrogens with one attached hydrogen (secondary N) is 1. The zero-order valence-corrected chi connectivity index (χ0v) is 20.2. The van der Waals surface area contributed by atoms with Gasteiger partial charge in [0, 0.05) is 24.0 Å². The van der Waals surface area contributed by atoms with E-state index in [-0.39, 0.29) is 16.7 Å². The first-order valence-corrected chi connectivity index (χ1v) is 12.7. The molecular formula is C24H27ClN4O3S. The van der Waals surface area contributed by atoms with Crippen LogP contribution in [0.1, 0.15) is 29.8 Å². The number of nitrogens with zero attached hydrogens (tertiary/aromatic N) is 3. The summed E-state index contributed by atoms with van der Waals surface area (Å²) in [6.07, 6.45) is 0.958. The molecule has 0 bridgehead atoms. The third-order valence-corrected chi connectivity index (χ3v) is 8.20. The Balaban J connectivity index is 1.40. The Labute approximate surface area is 199 Å². The molecule has 1 N–H and O–H groups in total. The summed E-state index contributed by atoms with van der Waals surface area (Å²) in [5, 5.41) is 8.29. The highest BCUT2D eigenvalue weighted by Crippen LogP contribution is 2.27. The van der Waals surface area contributed by atoms with E-state index in [1.807, 2.05) is 42.8 Å². The lowest BCUT2D eigenvalue weighted by atomic mass is 9.97. The topological polar surface area (TPSA) is 84.3 Å². The monoisotopic (exact) mass is 486 g/mol. The molecule has 0 unspecified atom stereocenters. The predicted molar refractivity (Wildman–Crippen MR) is 129 cm³/mol. The first-order chi connectivity index (χ1) is 15.8. The minimum Gasteiger partial charge on any atom is -0.323 e. The van der Waals surface area contributed by atoms with Crippen molar-refractivity contribution in [1.29, 1.82) is 0 Å². The molecular weight excluding hydrogens is 460 g/mol. The molecule has 0 aliphatic carbocycles. The van der Waals surface area contributed by atoms with Crippen molar-refractivity contribution in [2.45, 2.75) is 38.1 Å². The van der Waals surface area contributed by atoms with Crippen LogP contribution in [0.5, 0.6) is 0 Å². The predicted octanol–water partition coefficient (Wildman–Crippen LogP) is 4.24. The third kappa shape index (κ3) is 5.13. The molecule has 33 heavy (non-hydrogen) atoms. The second-order valence-electron chi connectivity index (χ2n) is 8.31. The van der Waals surface area contributed by atoms with Crippen LogP contribution in [0.4, 0.5) is 5.69 Å². The standard InChI is InChI=1S/C24H27ClN4O3S/c1-17-23(18(2)29(27-17)16-19-7-6-8-21(25)15-19)26-24(30)20-11-13-28(14-12-20)33(31,32)22-9-4-3-5-10-22/h3-10,15,20H,11-14,16H2,1-2H3,(H,26,30). The smallest absolute Gasteiger partial charge is 0.243 e. The Morgan fingerprint density at radius 2 is 1.79 bits per heavy atom. The molecule has 0 radical (unpaired) electrons. The van der Waals surface area contributed by atoms with Crippen LogP contribution in [0.2, 0.25) is 5.02 Å². The number of sulfonamides is 1. The summed E-state index contributed by atoms with van der Waals surface area (Å²) in [4.78, 5) is 13.3. The number of hydrogen-bond donors (Lipinski definition) is 1. The lowest BCUT2D eigenvalue weighted by molar-refractivity contribution is -0.120. The number of halogens is 1. The highest BCUT2D eigenvalue weighted by molar-refractivity contribution is 7.89. The average Bonchev–Trinajstić information content (AvgIpc) is 3.07. The minimum absolute atomic E-state index is 0.0970. The number of carbonyl (C=O) groups excluding carboxylic acids is 1. The Morgan fingerprint density at radius 1 is 1.09 bits per heavy atom. The Hall–Kier alpha value is -2.68. The summed E-state index contributed by atoms with van der Waals surface area (Å²) in [6, 6.07) is 16.0. The van der Waals surface area contributed by atoms with E-state index in [4.69, 9.17) is 11.6 Å². The van der Waals surface area contributed by atoms with Crippen molar-refractivity contribution in [1.82, 2.24) is 14.1 Å². The average molecular weight is 487 g/mol. The van der Waals surface area contributed by atoms with Crippen LogP contribution < -0.4 is 5.32 Å². The molecule has 0 atom stereocenters. The van der Waals surface area contributed by atoms with Gasteiger partial charge in [-0.1, -0.05) is 41.9 Å². The van der Waals surface area contributed by atoms with Gasteiger partial charge >= 0.3 is 0 Å². The quantitative estimate of drug-likeness (QED) is 0.564. The van der Waals surface area contributed by atoms with Gasteiger partial charge in [0.05, 0.1) is 28.5 Å². The maximum Gasteiger partial charge on any atom is 0.243 e. The number of aryl methyl sites for hydroxylation is 1. The van der Waals surface area contributed by atoms with E-state index in [9.17, 15) is 13.2 Å². The van der Waals surface area contributed by atoms with Crippen LogP contribution >= 0.6 is 11.6 Å². The second kappa shape index (κ2) is 9.67. The second-order valence-corrected chi connectivity index (χ2v) is 10.7. The molecule has 7 nitrogen and oxygen atoms in total. The summed E-state index contributed by atoms with van der Waals surface area (Å²) in [6.45, 7) is 4.99. The van der Waals surface area contributed by atoms with Crippen molar-refractivity contribution in [3.63, 3.8) is 0 Å². The minimum atomic E-state index is -3.53. The van der Waals surface area contributed by atoms with E-state index in [1.165, 1.54) is 4.31 Å². The van der Waals surface area contributed by atoms with E-state index in [0.29, 0.717) is 43.2 Å². The maximum absolute atomic E-state index is 13.0. The fraction of sp³-hybridized carbons (Fsp3) is 0.333. The van der Waals surface area contributed by atoms with Gasteiger partial charge in [-0.25, -0.2) is 8.42 Å². The Bertz CT molecular complexity index is 1250. The maximum atomic E-state index is 13.0. The first-order valence-electron chi connectivity index (χ1n) is 10.9. The molecule has 0 saturated carbocycles. The summed E-state index contributed by atoms with van der Waals surface area (Å²) in [7, 11) is -3.53. The molecule has 1 aliphatic rings. The SMILES string of the molecule is Cc1nn(Cc2cccc(Cl)c2)c(C)c1NC(=O)C1CCN(S(=O)(=O)c2ccccc2)CC1. The number of piperidine rings is 1. The normalized spacial score (nSPS) is 15.5. The fourth-order valence-electron chi connectivity index (χ4n) is 4.17. The summed E-state index contributed by atoms with van der Waals surface area (Å²) < 4.78 is 29.0. The lowest BCUT2D eigenvalue weighted by Gasteiger charge is -2.30. The fourth-order valence-corrected chi connectivity index (χ4v) is 5.87. The third-order valence-electron chi connectivity index (χ3n) is 6.06. The molecule has 2 heterocycles. The molecule has 1 aliphatic heterocycles. The van der Waals surface area contributed by atoms with Crippen LogP contribution in [0.3, 0.4) is 0 Å². The zero-order valence-electron chi connectivity index (χ0n) is 18.7. The number of rotatable bonds is 6. The first kappa shape index (κ1) is 23.5. The van der Waals surface area contributed by atoms with Crippen molar-refractivity contribution in [3.8, 4) is 0 Å². The van der Waals surface area contributed by atoms with Gasteiger partial charge in [-0.05, 0) is 56.5 Å². The van der Waals surface area contributed by atoms with Gasteiger partial charge in [-0.3, -0.25) is 9.48 Å². The van der Waals surface area contributed by atoms with Gasteiger partial charge in [0.2, 0.25) is 15.9 Å².